The quantitative estimate of drug-likeness (QED) is 0.663. The third-order valence-electron chi connectivity index (χ3n) is 2.52. The molecule has 7 heteroatoms. The predicted molar refractivity (Wildman–Crippen MR) is 74.3 cm³/mol. The van der Waals surface area contributed by atoms with E-state index in [9.17, 15) is 10.1 Å². The van der Waals surface area contributed by atoms with Crippen molar-refractivity contribution in [1.82, 2.24) is 9.97 Å². The Kier molecular flexibility index (Phi) is 4.09. The molecule has 0 aliphatic carbocycles. The number of nitrogen functional groups attached to an aromatic ring is 1. The lowest BCUT2D eigenvalue weighted by Gasteiger charge is -2.06. The second-order valence-corrected chi connectivity index (χ2v) is 4.15. The van der Waals surface area contributed by atoms with Gasteiger partial charge in [-0.3, -0.25) is 15.1 Å². The molecule has 0 aliphatic heterocycles. The van der Waals surface area contributed by atoms with Crippen molar-refractivity contribution in [3.63, 3.8) is 0 Å². The highest BCUT2D eigenvalue weighted by Gasteiger charge is 2.12. The fourth-order valence-corrected chi connectivity index (χ4v) is 1.65. The van der Waals surface area contributed by atoms with E-state index >= 15 is 0 Å². The number of nitrogens with two attached hydrogens (primary N) is 1. The molecule has 0 fully saturated rings. The van der Waals surface area contributed by atoms with E-state index in [0.29, 0.717) is 23.6 Å². The number of nitro groups is 1. The van der Waals surface area contributed by atoms with Crippen LogP contribution in [0.25, 0.3) is 11.3 Å². The van der Waals surface area contributed by atoms with Gasteiger partial charge in [0.15, 0.2) is 0 Å². The molecule has 2 aromatic rings. The van der Waals surface area contributed by atoms with Crippen LogP contribution < -0.4 is 10.5 Å². The predicted octanol–water partition coefficient (Wildman–Crippen LogP) is 2.42. The molecule has 104 valence electrons. The molecule has 0 bridgehead atoms. The summed E-state index contributed by atoms with van der Waals surface area (Å²) in [6.45, 7) is 2.58. The fourth-order valence-electron chi connectivity index (χ4n) is 1.65. The van der Waals surface area contributed by atoms with Crippen molar-refractivity contribution in [2.45, 2.75) is 13.3 Å². The Morgan fingerprint density at radius 3 is 2.85 bits per heavy atom. The first-order chi connectivity index (χ1) is 9.60. The molecule has 0 amide bonds. The number of hydrogen-bond acceptors (Lipinski definition) is 6. The number of rotatable bonds is 5. The molecule has 2 rings (SSSR count). The molecule has 0 radical (unpaired) electrons. The third-order valence-corrected chi connectivity index (χ3v) is 2.52. The van der Waals surface area contributed by atoms with E-state index in [1.807, 2.05) is 6.92 Å². The van der Waals surface area contributed by atoms with E-state index < -0.39 is 4.92 Å². The number of anilines is 1. The van der Waals surface area contributed by atoms with Gasteiger partial charge in [0.2, 0.25) is 0 Å². The number of ether oxygens (including phenoxy) is 1. The number of hydrogen-bond donors (Lipinski definition) is 1. The lowest BCUT2D eigenvalue weighted by Crippen LogP contribution is -1.98. The molecular formula is C13H14N4O3. The van der Waals surface area contributed by atoms with Gasteiger partial charge in [-0.05, 0) is 12.5 Å². The molecule has 2 aromatic heterocycles. The normalized spacial score (nSPS) is 10.2. The van der Waals surface area contributed by atoms with Crippen LogP contribution in [-0.4, -0.2) is 21.5 Å². The first-order valence-electron chi connectivity index (χ1n) is 6.10. The van der Waals surface area contributed by atoms with Crippen LogP contribution in [0, 0.1) is 10.1 Å². The lowest BCUT2D eigenvalue weighted by molar-refractivity contribution is -0.384. The third kappa shape index (κ3) is 3.19. The van der Waals surface area contributed by atoms with Gasteiger partial charge in [0.05, 0.1) is 29.5 Å². The highest BCUT2D eigenvalue weighted by atomic mass is 16.6. The van der Waals surface area contributed by atoms with Gasteiger partial charge in [-0.25, -0.2) is 4.98 Å². The zero-order valence-electron chi connectivity index (χ0n) is 10.9. The van der Waals surface area contributed by atoms with Crippen LogP contribution in [0.5, 0.6) is 5.75 Å². The Hall–Kier alpha value is -2.70. The summed E-state index contributed by atoms with van der Waals surface area (Å²) in [5.74, 6) is 0.685. The van der Waals surface area contributed by atoms with Gasteiger partial charge in [0.1, 0.15) is 11.6 Å². The van der Waals surface area contributed by atoms with Gasteiger partial charge in [-0.1, -0.05) is 6.92 Å². The Morgan fingerprint density at radius 2 is 2.15 bits per heavy atom. The van der Waals surface area contributed by atoms with Crippen molar-refractivity contribution in [2.75, 3.05) is 12.3 Å². The average Bonchev–Trinajstić information content (AvgIpc) is 2.44. The summed E-state index contributed by atoms with van der Waals surface area (Å²) in [6.07, 6.45) is 4.02. The summed E-state index contributed by atoms with van der Waals surface area (Å²) < 4.78 is 5.47. The van der Waals surface area contributed by atoms with Gasteiger partial charge in [-0.2, -0.15) is 0 Å². The van der Waals surface area contributed by atoms with E-state index in [0.717, 1.165) is 6.42 Å². The zero-order valence-corrected chi connectivity index (χ0v) is 10.9. The summed E-state index contributed by atoms with van der Waals surface area (Å²) in [7, 11) is 0. The molecule has 0 atom stereocenters. The van der Waals surface area contributed by atoms with E-state index in [4.69, 9.17) is 10.5 Å². The van der Waals surface area contributed by atoms with E-state index in [1.54, 1.807) is 18.5 Å². The van der Waals surface area contributed by atoms with Crippen LogP contribution in [0.4, 0.5) is 11.5 Å². The fraction of sp³-hybridized carbons (Fsp3) is 0.231. The molecule has 2 N–H and O–H groups in total. The molecule has 0 aliphatic rings. The van der Waals surface area contributed by atoms with Gasteiger partial charge in [0, 0.05) is 17.8 Å². The van der Waals surface area contributed by atoms with Crippen LogP contribution >= 0.6 is 0 Å². The summed E-state index contributed by atoms with van der Waals surface area (Å²) in [5, 5.41) is 10.8. The molecule has 0 aromatic carbocycles. The van der Waals surface area contributed by atoms with Crippen molar-refractivity contribution in [1.29, 1.82) is 0 Å². The molecule has 20 heavy (non-hydrogen) atoms. The first-order valence-corrected chi connectivity index (χ1v) is 6.10. The molecule has 0 saturated carbocycles. The molecule has 2 heterocycles. The van der Waals surface area contributed by atoms with Crippen molar-refractivity contribution in [3.8, 4) is 17.0 Å². The second-order valence-electron chi connectivity index (χ2n) is 4.15. The second kappa shape index (κ2) is 5.96. The SMILES string of the molecule is CCCOc1cncc(-c2cc([N+](=O)[O-])cc(N)n2)c1. The van der Waals surface area contributed by atoms with E-state index in [2.05, 4.69) is 9.97 Å². The van der Waals surface area contributed by atoms with Crippen molar-refractivity contribution in [2.24, 2.45) is 0 Å². The summed E-state index contributed by atoms with van der Waals surface area (Å²) in [6, 6.07) is 4.31. The van der Waals surface area contributed by atoms with E-state index in [1.165, 1.54) is 12.1 Å². The van der Waals surface area contributed by atoms with Crippen LogP contribution in [-0.2, 0) is 0 Å². The minimum Gasteiger partial charge on any atom is -0.492 e. The molecule has 7 nitrogen and oxygen atoms in total. The summed E-state index contributed by atoms with van der Waals surface area (Å²) in [4.78, 5) is 18.4. The molecule has 0 spiro atoms. The maximum absolute atomic E-state index is 10.8. The summed E-state index contributed by atoms with van der Waals surface area (Å²) in [5.41, 5.74) is 6.50. The van der Waals surface area contributed by atoms with Crippen LogP contribution in [0.1, 0.15) is 13.3 Å². The largest absolute Gasteiger partial charge is 0.492 e. The summed E-state index contributed by atoms with van der Waals surface area (Å²) >= 11 is 0. The lowest BCUT2D eigenvalue weighted by atomic mass is 10.1. The van der Waals surface area contributed by atoms with Crippen molar-refractivity contribution in [3.05, 3.63) is 40.7 Å². The molecule has 0 saturated heterocycles. The van der Waals surface area contributed by atoms with Crippen LogP contribution in [0.15, 0.2) is 30.6 Å². The Bertz CT molecular complexity index is 631. The number of nitrogens with zero attached hydrogens (tertiary/aromatic N) is 3. The Morgan fingerprint density at radius 1 is 1.35 bits per heavy atom. The highest BCUT2D eigenvalue weighted by Crippen LogP contribution is 2.25. The zero-order chi connectivity index (χ0) is 14.5. The Balaban J connectivity index is 2.38. The molecule has 0 unspecified atom stereocenters. The number of pyridine rings is 2. The van der Waals surface area contributed by atoms with Crippen LogP contribution in [0.2, 0.25) is 0 Å². The van der Waals surface area contributed by atoms with Gasteiger partial charge < -0.3 is 10.5 Å². The molecular weight excluding hydrogens is 260 g/mol. The topological polar surface area (TPSA) is 104 Å². The smallest absolute Gasteiger partial charge is 0.275 e. The van der Waals surface area contributed by atoms with Gasteiger partial charge in [0.25, 0.3) is 5.69 Å². The number of aromatic nitrogens is 2. The highest BCUT2D eigenvalue weighted by molar-refractivity contribution is 5.65. The first kappa shape index (κ1) is 13.7. The standard InChI is InChI=1S/C13H14N4O3/c1-2-3-20-11-4-9(7-15-8-11)12-5-10(17(18)19)6-13(14)16-12/h4-8H,2-3H2,1H3,(H2,14,16). The van der Waals surface area contributed by atoms with Crippen molar-refractivity contribution >= 4 is 11.5 Å². The minimum atomic E-state index is -0.508. The maximum Gasteiger partial charge on any atom is 0.275 e. The minimum absolute atomic E-state index is 0.0917. The van der Waals surface area contributed by atoms with E-state index in [-0.39, 0.29) is 11.5 Å². The monoisotopic (exact) mass is 274 g/mol. The maximum atomic E-state index is 10.8. The Labute approximate surface area is 115 Å². The van der Waals surface area contributed by atoms with Crippen LogP contribution in [0.3, 0.4) is 0 Å². The van der Waals surface area contributed by atoms with Crippen molar-refractivity contribution < 1.29 is 9.66 Å². The average molecular weight is 274 g/mol. The van der Waals surface area contributed by atoms with Gasteiger partial charge >= 0.3 is 0 Å². The van der Waals surface area contributed by atoms with Gasteiger partial charge in [-0.15, -0.1) is 0 Å².